The molecule has 6 nitrogen and oxygen atoms in total. The SMILES string of the molecule is Cc1cc(C)c2c(=O)[nH]c(SCC(=O)N(Cc3cccs3)C3CC3)nc2n1. The largest absolute Gasteiger partial charge is 0.334 e. The lowest BCUT2D eigenvalue weighted by atomic mass is 10.2. The van der Waals surface area contributed by atoms with Gasteiger partial charge in [-0.05, 0) is 49.8 Å². The summed E-state index contributed by atoms with van der Waals surface area (Å²) in [6, 6.07) is 6.27. The van der Waals surface area contributed by atoms with E-state index in [9.17, 15) is 9.59 Å². The van der Waals surface area contributed by atoms with Crippen LogP contribution in [0.1, 0.15) is 29.0 Å². The van der Waals surface area contributed by atoms with Crippen molar-refractivity contribution in [2.75, 3.05) is 5.75 Å². The van der Waals surface area contributed by atoms with Crippen LogP contribution >= 0.6 is 23.1 Å². The number of thiophene rings is 1. The molecule has 0 unspecified atom stereocenters. The summed E-state index contributed by atoms with van der Waals surface area (Å²) in [5.74, 6) is 0.327. The molecule has 4 rings (SSSR count). The van der Waals surface area contributed by atoms with E-state index in [1.54, 1.807) is 11.3 Å². The summed E-state index contributed by atoms with van der Waals surface area (Å²) in [6.45, 7) is 4.41. The number of fused-ring (bicyclic) bond motifs is 1. The van der Waals surface area contributed by atoms with Crippen LogP contribution in [0.25, 0.3) is 11.0 Å². The third-order valence-corrected chi connectivity index (χ3v) is 6.25. The van der Waals surface area contributed by atoms with E-state index in [4.69, 9.17) is 0 Å². The van der Waals surface area contributed by atoms with E-state index >= 15 is 0 Å². The molecule has 1 aliphatic rings. The quantitative estimate of drug-likeness (QED) is 0.507. The molecule has 0 aromatic carbocycles. The summed E-state index contributed by atoms with van der Waals surface area (Å²) in [4.78, 5) is 39.9. The van der Waals surface area contributed by atoms with Gasteiger partial charge in [-0.1, -0.05) is 17.8 Å². The number of amides is 1. The van der Waals surface area contributed by atoms with E-state index in [-0.39, 0.29) is 17.2 Å². The predicted octanol–water partition coefficient (Wildman–Crippen LogP) is 3.28. The van der Waals surface area contributed by atoms with Gasteiger partial charge in [-0.2, -0.15) is 0 Å². The van der Waals surface area contributed by atoms with Gasteiger partial charge >= 0.3 is 0 Å². The number of thioether (sulfide) groups is 1. The normalized spacial score (nSPS) is 13.9. The Morgan fingerprint density at radius 3 is 2.89 bits per heavy atom. The first-order chi connectivity index (χ1) is 13.0. The molecule has 3 heterocycles. The van der Waals surface area contributed by atoms with Crippen LogP contribution in [-0.2, 0) is 11.3 Å². The minimum atomic E-state index is -0.211. The smallest absolute Gasteiger partial charge is 0.261 e. The zero-order valence-electron chi connectivity index (χ0n) is 15.2. The molecule has 0 radical (unpaired) electrons. The monoisotopic (exact) mass is 400 g/mol. The molecule has 1 fully saturated rings. The van der Waals surface area contributed by atoms with Gasteiger partial charge in [0.2, 0.25) is 5.91 Å². The zero-order chi connectivity index (χ0) is 19.0. The second-order valence-electron chi connectivity index (χ2n) is 6.77. The van der Waals surface area contributed by atoms with E-state index in [0.29, 0.717) is 28.8 Å². The number of carbonyl (C=O) groups is 1. The first kappa shape index (κ1) is 18.2. The maximum absolute atomic E-state index is 12.8. The Bertz CT molecular complexity index is 1040. The highest BCUT2D eigenvalue weighted by Gasteiger charge is 2.32. The lowest BCUT2D eigenvalue weighted by Gasteiger charge is -2.21. The minimum Gasteiger partial charge on any atom is -0.334 e. The fourth-order valence-electron chi connectivity index (χ4n) is 3.12. The molecule has 0 bridgehead atoms. The van der Waals surface area contributed by atoms with Crippen molar-refractivity contribution in [3.8, 4) is 0 Å². The number of rotatable bonds is 6. The van der Waals surface area contributed by atoms with Gasteiger partial charge in [-0.3, -0.25) is 9.59 Å². The molecule has 0 spiro atoms. The number of nitrogens with zero attached hydrogens (tertiary/aromatic N) is 3. The molecule has 1 N–H and O–H groups in total. The molecule has 0 atom stereocenters. The Hall–Kier alpha value is -2.19. The van der Waals surface area contributed by atoms with Gasteiger partial charge in [-0.15, -0.1) is 11.3 Å². The molecule has 8 heteroatoms. The van der Waals surface area contributed by atoms with Crippen molar-refractivity contribution in [1.29, 1.82) is 0 Å². The number of aromatic nitrogens is 3. The van der Waals surface area contributed by atoms with Gasteiger partial charge in [0.25, 0.3) is 5.56 Å². The van der Waals surface area contributed by atoms with Gasteiger partial charge in [0.1, 0.15) is 0 Å². The molecule has 1 amide bonds. The first-order valence-corrected chi connectivity index (χ1v) is 10.7. The van der Waals surface area contributed by atoms with Crippen molar-refractivity contribution in [2.45, 2.75) is 44.4 Å². The van der Waals surface area contributed by atoms with Crippen LogP contribution in [-0.4, -0.2) is 37.6 Å². The van der Waals surface area contributed by atoms with E-state index in [1.165, 1.54) is 16.6 Å². The van der Waals surface area contributed by atoms with Gasteiger partial charge in [-0.25, -0.2) is 9.97 Å². The molecule has 27 heavy (non-hydrogen) atoms. The third kappa shape index (κ3) is 4.06. The Kier molecular flexibility index (Phi) is 5.01. The molecule has 0 aliphatic heterocycles. The lowest BCUT2D eigenvalue weighted by molar-refractivity contribution is -0.129. The van der Waals surface area contributed by atoms with Gasteiger partial charge in [0, 0.05) is 16.6 Å². The Morgan fingerprint density at radius 1 is 1.37 bits per heavy atom. The van der Waals surface area contributed by atoms with Gasteiger partial charge in [0.15, 0.2) is 10.8 Å². The maximum atomic E-state index is 12.8. The standard InChI is InChI=1S/C19H20N4O2S2/c1-11-8-12(2)20-17-16(11)18(25)22-19(21-17)27-10-15(24)23(13-5-6-13)9-14-4-3-7-26-14/h3-4,7-8,13H,5-6,9-10H2,1-2H3,(H,20,21,22,25). The second kappa shape index (κ2) is 7.44. The number of carbonyl (C=O) groups excluding carboxylic acids is 1. The Morgan fingerprint density at radius 2 is 2.19 bits per heavy atom. The molecule has 3 aromatic rings. The molecule has 3 aromatic heterocycles. The molecule has 1 aliphatic carbocycles. The third-order valence-electron chi connectivity index (χ3n) is 4.53. The van der Waals surface area contributed by atoms with Gasteiger partial charge in [0.05, 0.1) is 17.7 Å². The molecule has 1 saturated carbocycles. The van der Waals surface area contributed by atoms with Crippen molar-refractivity contribution in [3.05, 3.63) is 50.1 Å². The van der Waals surface area contributed by atoms with E-state index < -0.39 is 0 Å². The van der Waals surface area contributed by atoms with Crippen LogP contribution in [0.15, 0.2) is 33.5 Å². The van der Waals surface area contributed by atoms with Crippen LogP contribution in [0, 0.1) is 13.8 Å². The maximum Gasteiger partial charge on any atom is 0.261 e. The summed E-state index contributed by atoms with van der Waals surface area (Å²) >= 11 is 2.93. The molecular formula is C19H20N4O2S2. The summed E-state index contributed by atoms with van der Waals surface area (Å²) in [5.41, 5.74) is 1.90. The summed E-state index contributed by atoms with van der Waals surface area (Å²) < 4.78 is 0. The van der Waals surface area contributed by atoms with Gasteiger partial charge < -0.3 is 9.88 Å². The summed E-state index contributed by atoms with van der Waals surface area (Å²) in [5, 5.41) is 2.97. The zero-order valence-corrected chi connectivity index (χ0v) is 16.8. The average molecular weight is 401 g/mol. The number of nitrogens with one attached hydrogen (secondary N) is 1. The highest BCUT2D eigenvalue weighted by molar-refractivity contribution is 7.99. The van der Waals surface area contributed by atoms with Crippen LogP contribution < -0.4 is 5.56 Å². The highest BCUT2D eigenvalue weighted by atomic mass is 32.2. The van der Waals surface area contributed by atoms with Crippen molar-refractivity contribution in [2.24, 2.45) is 0 Å². The number of pyridine rings is 1. The number of aryl methyl sites for hydroxylation is 2. The fraction of sp³-hybridized carbons (Fsp3) is 0.368. The van der Waals surface area contributed by atoms with E-state index in [2.05, 4.69) is 21.0 Å². The van der Waals surface area contributed by atoms with Crippen molar-refractivity contribution < 1.29 is 4.79 Å². The van der Waals surface area contributed by atoms with Crippen molar-refractivity contribution in [1.82, 2.24) is 19.9 Å². The number of hydrogen-bond acceptors (Lipinski definition) is 6. The average Bonchev–Trinajstić information content (AvgIpc) is 3.32. The second-order valence-corrected chi connectivity index (χ2v) is 8.77. The first-order valence-electron chi connectivity index (χ1n) is 8.84. The Labute approximate surface area is 165 Å². The van der Waals surface area contributed by atoms with Crippen LogP contribution in [0.4, 0.5) is 0 Å². The minimum absolute atomic E-state index is 0.0760. The van der Waals surface area contributed by atoms with Crippen molar-refractivity contribution in [3.63, 3.8) is 0 Å². The van der Waals surface area contributed by atoms with E-state index in [1.807, 2.05) is 36.3 Å². The summed E-state index contributed by atoms with van der Waals surface area (Å²) in [7, 11) is 0. The molecule has 140 valence electrons. The molecular weight excluding hydrogens is 380 g/mol. The topological polar surface area (TPSA) is 79.0 Å². The van der Waals surface area contributed by atoms with Crippen LogP contribution in [0.5, 0.6) is 0 Å². The van der Waals surface area contributed by atoms with E-state index in [0.717, 1.165) is 24.1 Å². The highest BCUT2D eigenvalue weighted by Crippen LogP contribution is 2.30. The number of H-pyrrole nitrogens is 1. The number of aromatic amines is 1. The Balaban J connectivity index is 1.50. The molecule has 0 saturated heterocycles. The van der Waals surface area contributed by atoms with Crippen molar-refractivity contribution >= 4 is 40.0 Å². The lowest BCUT2D eigenvalue weighted by Crippen LogP contribution is -2.33. The predicted molar refractivity (Wildman–Crippen MR) is 108 cm³/mol. The van der Waals surface area contributed by atoms with Crippen LogP contribution in [0.2, 0.25) is 0 Å². The summed E-state index contributed by atoms with van der Waals surface area (Å²) in [6.07, 6.45) is 2.13. The number of hydrogen-bond donors (Lipinski definition) is 1. The van der Waals surface area contributed by atoms with Crippen LogP contribution in [0.3, 0.4) is 0 Å². The fourth-order valence-corrected chi connectivity index (χ4v) is 4.57.